The van der Waals surface area contributed by atoms with Crippen LogP contribution in [0.5, 0.6) is 0 Å². The number of rotatable bonds is 8. The Bertz CT molecular complexity index is 584. The maximum Gasteiger partial charge on any atom is 0.306 e. The highest BCUT2D eigenvalue weighted by atomic mass is 35.5. The highest BCUT2D eigenvalue weighted by Crippen LogP contribution is 2.28. The van der Waals surface area contributed by atoms with E-state index in [0.717, 1.165) is 18.4 Å². The van der Waals surface area contributed by atoms with Gasteiger partial charge in [-0.3, -0.25) is 4.79 Å². The molecule has 0 aliphatic heterocycles. The molecule has 2 aromatic rings. The zero-order valence-electron chi connectivity index (χ0n) is 12.5. The van der Waals surface area contributed by atoms with Crippen LogP contribution >= 0.6 is 11.6 Å². The minimum Gasteiger partial charge on any atom is -0.481 e. The zero-order chi connectivity index (χ0) is 15.9. The lowest BCUT2D eigenvalue weighted by atomic mass is 9.91. The monoisotopic (exact) mass is 321 g/mol. The highest BCUT2D eigenvalue weighted by molar-refractivity contribution is 6.30. The summed E-state index contributed by atoms with van der Waals surface area (Å²) < 4.78 is 1.71. The molecule has 1 N–H and O–H groups in total. The third-order valence-corrected chi connectivity index (χ3v) is 4.03. The maximum atomic E-state index is 11.5. The van der Waals surface area contributed by atoms with Crippen molar-refractivity contribution in [1.82, 2.24) is 14.8 Å². The molecule has 5 nitrogen and oxygen atoms in total. The van der Waals surface area contributed by atoms with E-state index in [1.807, 2.05) is 24.3 Å². The second-order valence-corrected chi connectivity index (χ2v) is 5.79. The Hall–Kier alpha value is -1.88. The van der Waals surface area contributed by atoms with Gasteiger partial charge in [0.05, 0.1) is 12.0 Å². The molecule has 2 atom stereocenters. The molecule has 0 aliphatic rings. The molecule has 6 heteroatoms. The van der Waals surface area contributed by atoms with Crippen LogP contribution in [0.2, 0.25) is 5.02 Å². The highest BCUT2D eigenvalue weighted by Gasteiger charge is 2.25. The number of carbonyl (C=O) groups is 1. The first-order valence-corrected chi connectivity index (χ1v) is 7.82. The summed E-state index contributed by atoms with van der Waals surface area (Å²) in [6.07, 6.45) is 6.13. The van der Waals surface area contributed by atoms with E-state index in [4.69, 9.17) is 11.6 Å². The van der Waals surface area contributed by atoms with Crippen LogP contribution in [0.1, 0.15) is 44.2 Å². The van der Waals surface area contributed by atoms with Gasteiger partial charge in [-0.05, 0) is 30.5 Å². The van der Waals surface area contributed by atoms with E-state index in [-0.39, 0.29) is 6.04 Å². The first-order chi connectivity index (χ1) is 10.6. The van der Waals surface area contributed by atoms with E-state index in [2.05, 4.69) is 17.0 Å². The van der Waals surface area contributed by atoms with Gasteiger partial charge in [0.15, 0.2) is 0 Å². The summed E-state index contributed by atoms with van der Waals surface area (Å²) in [6.45, 7) is 2.06. The van der Waals surface area contributed by atoms with Crippen LogP contribution in [-0.4, -0.2) is 25.8 Å². The summed E-state index contributed by atoms with van der Waals surface area (Å²) in [7, 11) is 0. The van der Waals surface area contributed by atoms with E-state index in [1.165, 1.54) is 6.33 Å². The zero-order valence-corrected chi connectivity index (χ0v) is 13.3. The number of aliphatic carboxylic acids is 1. The molecule has 1 heterocycles. The lowest BCUT2D eigenvalue weighted by Gasteiger charge is -2.21. The Morgan fingerprint density at radius 3 is 2.64 bits per heavy atom. The van der Waals surface area contributed by atoms with Crippen molar-refractivity contribution in [1.29, 1.82) is 0 Å². The second-order valence-electron chi connectivity index (χ2n) is 5.36. The molecule has 0 fully saturated rings. The molecule has 0 saturated heterocycles. The quantitative estimate of drug-likeness (QED) is 0.803. The third-order valence-electron chi connectivity index (χ3n) is 3.77. The number of benzene rings is 1. The molecule has 0 amide bonds. The van der Waals surface area contributed by atoms with Crippen LogP contribution in [0.15, 0.2) is 36.9 Å². The predicted octanol–water partition coefficient (Wildman–Crippen LogP) is 3.80. The Morgan fingerprint density at radius 2 is 2.09 bits per heavy atom. The van der Waals surface area contributed by atoms with Gasteiger partial charge in [0.1, 0.15) is 12.7 Å². The van der Waals surface area contributed by atoms with Crippen LogP contribution < -0.4 is 0 Å². The van der Waals surface area contributed by atoms with Crippen molar-refractivity contribution in [3.05, 3.63) is 47.5 Å². The molecule has 1 aromatic carbocycles. The fourth-order valence-corrected chi connectivity index (χ4v) is 2.65. The topological polar surface area (TPSA) is 68.0 Å². The van der Waals surface area contributed by atoms with Crippen molar-refractivity contribution < 1.29 is 9.90 Å². The van der Waals surface area contributed by atoms with E-state index in [1.54, 1.807) is 11.0 Å². The number of carboxylic acids is 1. The Morgan fingerprint density at radius 1 is 1.36 bits per heavy atom. The molecule has 2 unspecified atom stereocenters. The molecule has 1 aromatic heterocycles. The van der Waals surface area contributed by atoms with Gasteiger partial charge in [-0.25, -0.2) is 9.67 Å². The van der Waals surface area contributed by atoms with Crippen LogP contribution in [0.3, 0.4) is 0 Å². The molecular formula is C16H20ClN3O2. The molecule has 0 spiro atoms. The minimum atomic E-state index is -0.757. The van der Waals surface area contributed by atoms with Gasteiger partial charge in [-0.2, -0.15) is 5.10 Å². The van der Waals surface area contributed by atoms with E-state index in [9.17, 15) is 9.90 Å². The van der Waals surface area contributed by atoms with Crippen molar-refractivity contribution in [2.45, 2.75) is 38.6 Å². The molecule has 2 rings (SSSR count). The maximum absolute atomic E-state index is 11.5. The van der Waals surface area contributed by atoms with Gasteiger partial charge < -0.3 is 5.11 Å². The smallest absolute Gasteiger partial charge is 0.306 e. The molecule has 0 bridgehead atoms. The summed E-state index contributed by atoms with van der Waals surface area (Å²) in [5, 5.41) is 14.3. The summed E-state index contributed by atoms with van der Waals surface area (Å²) in [4.78, 5) is 15.5. The van der Waals surface area contributed by atoms with Crippen molar-refractivity contribution in [2.24, 2.45) is 5.92 Å². The second kappa shape index (κ2) is 7.94. The van der Waals surface area contributed by atoms with Crippen molar-refractivity contribution in [3.8, 4) is 0 Å². The number of nitrogens with zero attached hydrogens (tertiary/aromatic N) is 3. The van der Waals surface area contributed by atoms with Crippen molar-refractivity contribution >= 4 is 17.6 Å². The normalized spacial score (nSPS) is 13.7. The molecule has 118 valence electrons. The average Bonchev–Trinajstić information content (AvgIpc) is 3.02. The van der Waals surface area contributed by atoms with E-state index in [0.29, 0.717) is 17.9 Å². The predicted molar refractivity (Wildman–Crippen MR) is 84.9 cm³/mol. The van der Waals surface area contributed by atoms with E-state index >= 15 is 0 Å². The first kappa shape index (κ1) is 16.5. The van der Waals surface area contributed by atoms with Crippen LogP contribution in [0.4, 0.5) is 0 Å². The van der Waals surface area contributed by atoms with Crippen LogP contribution in [-0.2, 0) is 4.79 Å². The fourth-order valence-electron chi connectivity index (χ4n) is 2.52. The first-order valence-electron chi connectivity index (χ1n) is 7.44. The van der Waals surface area contributed by atoms with E-state index < -0.39 is 11.9 Å². The number of unbranched alkanes of at least 4 members (excludes halogenated alkanes) is 1. The average molecular weight is 322 g/mol. The summed E-state index contributed by atoms with van der Waals surface area (Å²) in [5.41, 5.74) is 0.984. The molecule has 0 radical (unpaired) electrons. The van der Waals surface area contributed by atoms with Crippen molar-refractivity contribution in [2.75, 3.05) is 0 Å². The standard InChI is InChI=1S/C16H20ClN3O2/c1-2-3-4-13(16(21)22)9-15(20-11-18-10-19-20)12-5-7-14(17)8-6-12/h5-8,10-11,13,15H,2-4,9H2,1H3,(H,21,22). The number of halogens is 1. The van der Waals surface area contributed by atoms with Crippen molar-refractivity contribution in [3.63, 3.8) is 0 Å². The summed E-state index contributed by atoms with van der Waals surface area (Å²) in [5.74, 6) is -1.16. The van der Waals surface area contributed by atoms with Crippen LogP contribution in [0, 0.1) is 5.92 Å². The Labute approximate surface area is 134 Å². The lowest BCUT2D eigenvalue weighted by molar-refractivity contribution is -0.142. The Kier molecular flexibility index (Phi) is 5.95. The lowest BCUT2D eigenvalue weighted by Crippen LogP contribution is -2.21. The van der Waals surface area contributed by atoms with Gasteiger partial charge >= 0.3 is 5.97 Å². The minimum absolute atomic E-state index is 0.155. The van der Waals surface area contributed by atoms with Crippen LogP contribution in [0.25, 0.3) is 0 Å². The number of hydrogen-bond donors (Lipinski definition) is 1. The Balaban J connectivity index is 2.24. The fraction of sp³-hybridized carbons (Fsp3) is 0.438. The molecule has 0 saturated carbocycles. The van der Waals surface area contributed by atoms with Gasteiger partial charge in [0.2, 0.25) is 0 Å². The van der Waals surface area contributed by atoms with Gasteiger partial charge in [-0.1, -0.05) is 43.5 Å². The third kappa shape index (κ3) is 4.31. The summed E-state index contributed by atoms with van der Waals surface area (Å²) >= 11 is 5.94. The molecular weight excluding hydrogens is 302 g/mol. The number of hydrogen-bond acceptors (Lipinski definition) is 3. The largest absolute Gasteiger partial charge is 0.481 e. The molecule has 0 aliphatic carbocycles. The van der Waals surface area contributed by atoms with Gasteiger partial charge in [-0.15, -0.1) is 0 Å². The molecule has 22 heavy (non-hydrogen) atoms. The summed E-state index contributed by atoms with van der Waals surface area (Å²) in [6, 6.07) is 7.28. The number of aromatic nitrogens is 3. The van der Waals surface area contributed by atoms with Gasteiger partial charge in [0, 0.05) is 5.02 Å². The SMILES string of the molecule is CCCCC(CC(c1ccc(Cl)cc1)n1cncn1)C(=O)O. The van der Waals surface area contributed by atoms with Gasteiger partial charge in [0.25, 0.3) is 0 Å². The number of carboxylic acid groups (broad SMARTS) is 1.